The number of anilines is 1. The zero-order chi connectivity index (χ0) is 20.0. The summed E-state index contributed by atoms with van der Waals surface area (Å²) in [6.07, 6.45) is 2.90. The van der Waals surface area contributed by atoms with Gasteiger partial charge in [-0.1, -0.05) is 17.7 Å². The van der Waals surface area contributed by atoms with Gasteiger partial charge in [-0.05, 0) is 55.7 Å². The van der Waals surface area contributed by atoms with Crippen molar-refractivity contribution >= 4 is 41.0 Å². The van der Waals surface area contributed by atoms with Crippen LogP contribution in [-0.2, 0) is 23.9 Å². The minimum Gasteiger partial charge on any atom is -0.454 e. The molecule has 3 amide bonds. The quantitative estimate of drug-likeness (QED) is 0.599. The van der Waals surface area contributed by atoms with Crippen LogP contribution in [0.15, 0.2) is 18.2 Å². The fraction of sp³-hybridized carbons (Fsp3) is 0.500. The summed E-state index contributed by atoms with van der Waals surface area (Å²) in [5.74, 6) is -1.84. The predicted octanol–water partition coefficient (Wildman–Crippen LogP) is 2.16. The van der Waals surface area contributed by atoms with Crippen LogP contribution in [0.3, 0.4) is 0 Å². The van der Waals surface area contributed by atoms with E-state index in [-0.39, 0.29) is 35.5 Å². The van der Waals surface area contributed by atoms with E-state index in [1.807, 2.05) is 0 Å². The monoisotopic (exact) mass is 404 g/mol. The molecule has 3 fully saturated rings. The Hall–Kier alpha value is -2.41. The molecule has 1 saturated heterocycles. The molecule has 4 rings (SSSR count). The summed E-state index contributed by atoms with van der Waals surface area (Å²) in [7, 11) is 0. The van der Waals surface area contributed by atoms with Crippen molar-refractivity contribution in [2.45, 2.75) is 26.2 Å². The van der Waals surface area contributed by atoms with Crippen molar-refractivity contribution in [3.05, 3.63) is 28.8 Å². The van der Waals surface area contributed by atoms with Crippen molar-refractivity contribution in [2.24, 2.45) is 23.7 Å². The van der Waals surface area contributed by atoms with Crippen LogP contribution in [0.1, 0.15) is 24.8 Å². The summed E-state index contributed by atoms with van der Waals surface area (Å²) in [5.41, 5.74) is 1.24. The fourth-order valence-corrected chi connectivity index (χ4v) is 5.05. The maximum Gasteiger partial charge on any atom is 0.326 e. The van der Waals surface area contributed by atoms with E-state index in [1.165, 1.54) is 0 Å². The molecule has 3 aliphatic rings. The topological polar surface area (TPSA) is 92.8 Å². The van der Waals surface area contributed by atoms with E-state index in [2.05, 4.69) is 5.32 Å². The van der Waals surface area contributed by atoms with Crippen LogP contribution in [0.5, 0.6) is 0 Å². The molecule has 1 aromatic carbocycles. The molecule has 0 spiro atoms. The Labute approximate surface area is 167 Å². The Kier molecular flexibility index (Phi) is 4.87. The standard InChI is InChI=1S/C20H21ClN2O5/c1-10-13(21)3-2-4-14(10)22-15(24)9-28-16(25)8-23-19(26)17-11-5-6-12(7-11)18(17)20(23)27/h2-4,11-12,17-18H,5-9H2,1H3,(H,22,24)/t11-,12-,17+,18+/m0/s1. The number of nitrogens with one attached hydrogen (secondary N) is 1. The number of ether oxygens (including phenoxy) is 1. The predicted molar refractivity (Wildman–Crippen MR) is 100 cm³/mol. The molecule has 2 saturated carbocycles. The van der Waals surface area contributed by atoms with Gasteiger partial charge in [0.15, 0.2) is 6.61 Å². The number of likely N-dealkylation sites (tertiary alicyclic amines) is 1. The van der Waals surface area contributed by atoms with Gasteiger partial charge in [0.05, 0.1) is 11.8 Å². The molecule has 4 atom stereocenters. The van der Waals surface area contributed by atoms with Crippen molar-refractivity contribution in [3.63, 3.8) is 0 Å². The number of hydrogen-bond donors (Lipinski definition) is 1. The molecule has 1 aliphatic heterocycles. The van der Waals surface area contributed by atoms with Gasteiger partial charge >= 0.3 is 5.97 Å². The summed E-state index contributed by atoms with van der Waals surface area (Å²) in [5, 5.41) is 3.14. The van der Waals surface area contributed by atoms with Gasteiger partial charge in [0.2, 0.25) is 11.8 Å². The Morgan fingerprint density at radius 3 is 2.46 bits per heavy atom. The SMILES string of the molecule is Cc1c(Cl)cccc1NC(=O)COC(=O)CN1C(=O)[C@@H]2[C@H]3CC[C@@H](C3)[C@H]2C1=O. The maximum absolute atomic E-state index is 12.6. The molecule has 7 nitrogen and oxygen atoms in total. The lowest BCUT2D eigenvalue weighted by atomic mass is 9.81. The lowest BCUT2D eigenvalue weighted by molar-refractivity contribution is -0.154. The molecule has 0 aromatic heterocycles. The third-order valence-corrected chi connectivity index (χ3v) is 6.62. The van der Waals surface area contributed by atoms with Crippen LogP contribution in [0.4, 0.5) is 5.69 Å². The average molecular weight is 405 g/mol. The van der Waals surface area contributed by atoms with Crippen LogP contribution in [-0.4, -0.2) is 41.7 Å². The number of esters is 1. The molecule has 1 N–H and O–H groups in total. The number of nitrogens with zero attached hydrogens (tertiary/aromatic N) is 1. The zero-order valence-electron chi connectivity index (χ0n) is 15.4. The first-order valence-electron chi connectivity index (χ1n) is 9.42. The van der Waals surface area contributed by atoms with Gasteiger partial charge < -0.3 is 10.1 Å². The second kappa shape index (κ2) is 7.20. The van der Waals surface area contributed by atoms with E-state index >= 15 is 0 Å². The first-order chi connectivity index (χ1) is 13.4. The highest BCUT2D eigenvalue weighted by molar-refractivity contribution is 6.31. The average Bonchev–Trinajstić information content (AvgIpc) is 3.34. The van der Waals surface area contributed by atoms with Crippen LogP contribution >= 0.6 is 11.6 Å². The Bertz CT molecular complexity index is 842. The smallest absolute Gasteiger partial charge is 0.326 e. The van der Waals surface area contributed by atoms with E-state index in [1.54, 1.807) is 25.1 Å². The largest absolute Gasteiger partial charge is 0.454 e. The molecule has 0 radical (unpaired) electrons. The van der Waals surface area contributed by atoms with Gasteiger partial charge in [-0.25, -0.2) is 0 Å². The van der Waals surface area contributed by atoms with E-state index in [4.69, 9.17) is 16.3 Å². The molecule has 0 unspecified atom stereocenters. The number of benzene rings is 1. The molecular weight excluding hydrogens is 384 g/mol. The number of carbonyl (C=O) groups is 4. The van der Waals surface area contributed by atoms with Crippen LogP contribution in [0, 0.1) is 30.6 Å². The van der Waals surface area contributed by atoms with Crippen LogP contribution < -0.4 is 5.32 Å². The van der Waals surface area contributed by atoms with Gasteiger partial charge in [-0.2, -0.15) is 0 Å². The summed E-state index contributed by atoms with van der Waals surface area (Å²) >= 11 is 6.01. The second-order valence-electron chi connectivity index (χ2n) is 7.77. The number of halogens is 1. The maximum atomic E-state index is 12.6. The Morgan fingerprint density at radius 1 is 1.18 bits per heavy atom. The first-order valence-corrected chi connectivity index (χ1v) is 9.80. The summed E-state index contributed by atoms with van der Waals surface area (Å²) in [4.78, 5) is 50.3. The van der Waals surface area contributed by atoms with Crippen molar-refractivity contribution in [1.82, 2.24) is 4.90 Å². The van der Waals surface area contributed by atoms with E-state index in [0.29, 0.717) is 16.3 Å². The molecule has 2 bridgehead atoms. The minimum atomic E-state index is -0.771. The second-order valence-corrected chi connectivity index (χ2v) is 8.18. The highest BCUT2D eigenvalue weighted by Crippen LogP contribution is 2.56. The molecule has 148 valence electrons. The summed E-state index contributed by atoms with van der Waals surface area (Å²) < 4.78 is 4.97. The summed E-state index contributed by atoms with van der Waals surface area (Å²) in [6.45, 7) is 0.825. The number of hydrogen-bond acceptors (Lipinski definition) is 5. The summed E-state index contributed by atoms with van der Waals surface area (Å²) in [6, 6.07) is 5.10. The van der Waals surface area contributed by atoms with Gasteiger partial charge in [-0.3, -0.25) is 24.1 Å². The molecular formula is C20H21ClN2O5. The number of carbonyl (C=O) groups excluding carboxylic acids is 4. The fourth-order valence-electron chi connectivity index (χ4n) is 4.88. The normalized spacial score (nSPS) is 27.9. The zero-order valence-corrected chi connectivity index (χ0v) is 16.2. The van der Waals surface area contributed by atoms with E-state index < -0.39 is 25.0 Å². The number of imide groups is 1. The van der Waals surface area contributed by atoms with Crippen LogP contribution in [0.25, 0.3) is 0 Å². The lowest BCUT2D eigenvalue weighted by Gasteiger charge is -2.19. The third kappa shape index (κ3) is 3.17. The molecule has 1 heterocycles. The number of amides is 3. The molecule has 2 aliphatic carbocycles. The van der Waals surface area contributed by atoms with Crippen molar-refractivity contribution in [3.8, 4) is 0 Å². The molecule has 28 heavy (non-hydrogen) atoms. The van der Waals surface area contributed by atoms with Gasteiger partial charge in [0.25, 0.3) is 5.91 Å². The Morgan fingerprint density at radius 2 is 1.82 bits per heavy atom. The lowest BCUT2D eigenvalue weighted by Crippen LogP contribution is -2.38. The minimum absolute atomic E-state index is 0.263. The van der Waals surface area contributed by atoms with Gasteiger partial charge in [-0.15, -0.1) is 0 Å². The highest BCUT2D eigenvalue weighted by Gasteiger charge is 2.61. The van der Waals surface area contributed by atoms with Crippen LogP contribution in [0.2, 0.25) is 5.02 Å². The number of rotatable bonds is 5. The van der Waals surface area contributed by atoms with Gasteiger partial charge in [0.1, 0.15) is 6.54 Å². The van der Waals surface area contributed by atoms with Crippen molar-refractivity contribution in [1.29, 1.82) is 0 Å². The number of fused-ring (bicyclic) bond motifs is 5. The van der Waals surface area contributed by atoms with Crippen molar-refractivity contribution in [2.75, 3.05) is 18.5 Å². The van der Waals surface area contributed by atoms with Gasteiger partial charge in [0, 0.05) is 10.7 Å². The van der Waals surface area contributed by atoms with E-state index in [9.17, 15) is 19.2 Å². The third-order valence-electron chi connectivity index (χ3n) is 6.21. The highest BCUT2D eigenvalue weighted by atomic mass is 35.5. The molecule has 1 aromatic rings. The van der Waals surface area contributed by atoms with E-state index in [0.717, 1.165) is 24.2 Å². The molecule has 8 heteroatoms. The first kappa shape index (κ1) is 18.9. The Balaban J connectivity index is 1.30. The van der Waals surface area contributed by atoms with Crippen molar-refractivity contribution < 1.29 is 23.9 Å².